The minimum absolute atomic E-state index is 0.0747. The van der Waals surface area contributed by atoms with Crippen LogP contribution in [0.2, 0.25) is 0 Å². The number of hydrogen-bond acceptors (Lipinski definition) is 4. The topological polar surface area (TPSA) is 99.1 Å². The summed E-state index contributed by atoms with van der Waals surface area (Å²) < 4.78 is 5.48. The molecular weight excluding hydrogens is 264 g/mol. The minimum Gasteiger partial charge on any atom is -0.481 e. The number of aliphatic hydroxyl groups excluding tert-OH is 1. The van der Waals surface area contributed by atoms with Crippen molar-refractivity contribution in [2.75, 3.05) is 19.7 Å². The number of nitrogens with one attached hydrogen (secondary N) is 1. The van der Waals surface area contributed by atoms with Crippen LogP contribution in [0.4, 0.5) is 4.79 Å². The first-order valence-electron chi connectivity index (χ1n) is 7.04. The molecule has 2 unspecified atom stereocenters. The molecule has 0 radical (unpaired) electrons. The second-order valence-corrected chi connectivity index (χ2v) is 5.65. The second kappa shape index (κ2) is 6.41. The van der Waals surface area contributed by atoms with Gasteiger partial charge in [0, 0.05) is 12.6 Å². The normalized spacial score (nSPS) is 34.0. The molecule has 1 aliphatic carbocycles. The van der Waals surface area contributed by atoms with Gasteiger partial charge in [0.1, 0.15) is 0 Å². The van der Waals surface area contributed by atoms with Crippen LogP contribution in [0.5, 0.6) is 0 Å². The molecule has 4 atom stereocenters. The van der Waals surface area contributed by atoms with Gasteiger partial charge in [0.05, 0.1) is 31.3 Å². The molecule has 1 saturated carbocycles. The Kier molecular flexibility index (Phi) is 4.82. The quantitative estimate of drug-likeness (QED) is 0.680. The SMILES string of the molecule is CC1CN(C(=O)N[C@H]2CC[C@@H](C(=O)O)C2)CC(CO)O1. The maximum atomic E-state index is 12.2. The van der Waals surface area contributed by atoms with E-state index in [2.05, 4.69) is 5.32 Å². The van der Waals surface area contributed by atoms with Crippen molar-refractivity contribution in [1.29, 1.82) is 0 Å². The van der Waals surface area contributed by atoms with Crippen molar-refractivity contribution in [2.45, 2.75) is 44.4 Å². The Bertz CT molecular complexity index is 376. The van der Waals surface area contributed by atoms with Crippen LogP contribution in [-0.4, -0.2) is 65.1 Å². The summed E-state index contributed by atoms with van der Waals surface area (Å²) in [5.41, 5.74) is 0. The number of amides is 2. The van der Waals surface area contributed by atoms with Crippen LogP contribution in [0.3, 0.4) is 0 Å². The third-order valence-electron chi connectivity index (χ3n) is 3.93. The van der Waals surface area contributed by atoms with Gasteiger partial charge in [-0.1, -0.05) is 0 Å². The summed E-state index contributed by atoms with van der Waals surface area (Å²) in [5, 5.41) is 21.0. The van der Waals surface area contributed by atoms with Gasteiger partial charge in [-0.15, -0.1) is 0 Å². The van der Waals surface area contributed by atoms with Crippen LogP contribution >= 0.6 is 0 Å². The van der Waals surface area contributed by atoms with Gasteiger partial charge in [-0.05, 0) is 26.2 Å². The summed E-state index contributed by atoms with van der Waals surface area (Å²) in [7, 11) is 0. The highest BCUT2D eigenvalue weighted by molar-refractivity contribution is 5.75. The predicted octanol–water partition coefficient (Wildman–Crippen LogP) is 0.0309. The Morgan fingerprint density at radius 3 is 2.70 bits per heavy atom. The number of carbonyl (C=O) groups is 2. The van der Waals surface area contributed by atoms with E-state index in [4.69, 9.17) is 14.9 Å². The summed E-state index contributed by atoms with van der Waals surface area (Å²) in [4.78, 5) is 24.7. The van der Waals surface area contributed by atoms with Gasteiger partial charge < -0.3 is 25.2 Å². The molecular formula is C13H22N2O5. The zero-order chi connectivity index (χ0) is 14.7. The van der Waals surface area contributed by atoms with Crippen LogP contribution in [0.15, 0.2) is 0 Å². The van der Waals surface area contributed by atoms with Crippen LogP contribution in [0.25, 0.3) is 0 Å². The molecule has 0 aromatic rings. The number of nitrogens with zero attached hydrogens (tertiary/aromatic N) is 1. The number of morpholine rings is 1. The number of carboxylic acids is 1. The van der Waals surface area contributed by atoms with Crippen molar-refractivity contribution in [1.82, 2.24) is 10.2 Å². The van der Waals surface area contributed by atoms with E-state index >= 15 is 0 Å². The van der Waals surface area contributed by atoms with E-state index in [1.165, 1.54) is 0 Å². The van der Waals surface area contributed by atoms with Gasteiger partial charge in [-0.25, -0.2) is 4.79 Å². The molecule has 3 N–H and O–H groups in total. The van der Waals surface area contributed by atoms with Crippen molar-refractivity contribution < 1.29 is 24.5 Å². The van der Waals surface area contributed by atoms with Gasteiger partial charge in [0.25, 0.3) is 0 Å². The first kappa shape index (κ1) is 15.1. The lowest BCUT2D eigenvalue weighted by molar-refractivity contribution is -0.141. The Labute approximate surface area is 117 Å². The van der Waals surface area contributed by atoms with Gasteiger partial charge >= 0.3 is 12.0 Å². The van der Waals surface area contributed by atoms with Gasteiger partial charge in [0.2, 0.25) is 0 Å². The van der Waals surface area contributed by atoms with E-state index in [9.17, 15) is 9.59 Å². The lowest BCUT2D eigenvalue weighted by atomic mass is 10.1. The number of carbonyl (C=O) groups excluding carboxylic acids is 1. The third kappa shape index (κ3) is 3.61. The van der Waals surface area contributed by atoms with Crippen molar-refractivity contribution in [3.63, 3.8) is 0 Å². The van der Waals surface area contributed by atoms with Gasteiger partial charge in [0.15, 0.2) is 0 Å². The van der Waals surface area contributed by atoms with E-state index in [0.717, 1.165) is 0 Å². The fourth-order valence-corrected chi connectivity index (χ4v) is 2.91. The van der Waals surface area contributed by atoms with E-state index in [0.29, 0.717) is 32.4 Å². The molecule has 2 fully saturated rings. The Balaban J connectivity index is 1.84. The third-order valence-corrected chi connectivity index (χ3v) is 3.93. The first-order chi connectivity index (χ1) is 9.49. The van der Waals surface area contributed by atoms with E-state index in [-0.39, 0.29) is 36.8 Å². The molecule has 1 aliphatic heterocycles. The number of rotatable bonds is 3. The fourth-order valence-electron chi connectivity index (χ4n) is 2.91. The second-order valence-electron chi connectivity index (χ2n) is 5.65. The molecule has 2 aliphatic rings. The maximum Gasteiger partial charge on any atom is 0.317 e. The highest BCUT2D eigenvalue weighted by atomic mass is 16.5. The Morgan fingerprint density at radius 1 is 1.35 bits per heavy atom. The smallest absolute Gasteiger partial charge is 0.317 e. The lowest BCUT2D eigenvalue weighted by Gasteiger charge is -2.36. The summed E-state index contributed by atoms with van der Waals surface area (Å²) in [6.07, 6.45) is 1.34. The summed E-state index contributed by atoms with van der Waals surface area (Å²) in [5.74, 6) is -1.14. The molecule has 2 rings (SSSR count). The number of aliphatic hydroxyl groups is 1. The minimum atomic E-state index is -0.790. The molecule has 7 nitrogen and oxygen atoms in total. The lowest BCUT2D eigenvalue weighted by Crippen LogP contribution is -2.54. The van der Waals surface area contributed by atoms with Crippen LogP contribution in [0, 0.1) is 5.92 Å². The number of hydrogen-bond donors (Lipinski definition) is 3. The zero-order valence-electron chi connectivity index (χ0n) is 11.6. The number of urea groups is 1. The molecule has 7 heteroatoms. The highest BCUT2D eigenvalue weighted by Crippen LogP contribution is 2.26. The molecule has 0 aromatic carbocycles. The van der Waals surface area contributed by atoms with Crippen LogP contribution < -0.4 is 5.32 Å². The van der Waals surface area contributed by atoms with Gasteiger partial charge in [-0.3, -0.25) is 4.79 Å². The number of aliphatic carboxylic acids is 1. The maximum absolute atomic E-state index is 12.2. The van der Waals surface area contributed by atoms with Crippen molar-refractivity contribution in [2.24, 2.45) is 5.92 Å². The van der Waals surface area contributed by atoms with Crippen molar-refractivity contribution in [3.05, 3.63) is 0 Å². The van der Waals surface area contributed by atoms with E-state index < -0.39 is 5.97 Å². The molecule has 2 amide bonds. The fraction of sp³-hybridized carbons (Fsp3) is 0.846. The molecule has 0 bridgehead atoms. The standard InChI is InChI=1S/C13H22N2O5/c1-8-5-15(6-11(7-16)20-8)13(19)14-10-3-2-9(4-10)12(17)18/h8-11,16H,2-7H2,1H3,(H,14,19)(H,17,18)/t8?,9-,10+,11?/m1/s1. The monoisotopic (exact) mass is 286 g/mol. The number of ether oxygens (including phenoxy) is 1. The van der Waals surface area contributed by atoms with Gasteiger partial charge in [-0.2, -0.15) is 0 Å². The highest BCUT2D eigenvalue weighted by Gasteiger charge is 2.33. The summed E-state index contributed by atoms with van der Waals surface area (Å²) >= 11 is 0. The van der Waals surface area contributed by atoms with Crippen LogP contribution in [-0.2, 0) is 9.53 Å². The van der Waals surface area contributed by atoms with E-state index in [1.54, 1.807) is 4.90 Å². The summed E-state index contributed by atoms with van der Waals surface area (Å²) in [6, 6.07) is -0.274. The molecule has 0 spiro atoms. The Hall–Kier alpha value is -1.34. The molecule has 0 aromatic heterocycles. The molecule has 1 heterocycles. The van der Waals surface area contributed by atoms with Crippen molar-refractivity contribution in [3.8, 4) is 0 Å². The summed E-state index contributed by atoms with van der Waals surface area (Å²) in [6.45, 7) is 2.59. The molecule has 114 valence electrons. The van der Waals surface area contributed by atoms with Crippen LogP contribution in [0.1, 0.15) is 26.2 Å². The largest absolute Gasteiger partial charge is 0.481 e. The molecule has 20 heavy (non-hydrogen) atoms. The Morgan fingerprint density at radius 2 is 2.10 bits per heavy atom. The number of carboxylic acid groups (broad SMARTS) is 1. The average Bonchev–Trinajstić information content (AvgIpc) is 2.86. The zero-order valence-corrected chi connectivity index (χ0v) is 11.6. The van der Waals surface area contributed by atoms with Crippen molar-refractivity contribution >= 4 is 12.0 Å². The van der Waals surface area contributed by atoms with E-state index in [1.807, 2.05) is 6.92 Å². The average molecular weight is 286 g/mol. The predicted molar refractivity (Wildman–Crippen MR) is 70.3 cm³/mol. The molecule has 1 saturated heterocycles. The first-order valence-corrected chi connectivity index (χ1v) is 7.04.